The van der Waals surface area contributed by atoms with Crippen LogP contribution in [0.15, 0.2) is 73.1 Å². The van der Waals surface area contributed by atoms with Crippen molar-refractivity contribution in [2.75, 3.05) is 0 Å². The predicted octanol–water partition coefficient (Wildman–Crippen LogP) is 15.7. The molecule has 0 N–H and O–H groups in total. The van der Waals surface area contributed by atoms with E-state index in [0.717, 1.165) is 13.1 Å². The molecule has 0 aliphatic carbocycles. The van der Waals surface area contributed by atoms with E-state index >= 15 is 0 Å². The van der Waals surface area contributed by atoms with Crippen LogP contribution in [0.2, 0.25) is 0 Å². The maximum absolute atomic E-state index is 2.49. The van der Waals surface area contributed by atoms with E-state index in [1.165, 1.54) is 195 Å². The summed E-state index contributed by atoms with van der Waals surface area (Å²) in [5.74, 6) is 0. The standard InChI is InChI=1S/C48H66N2/c1-3-5-7-9-11-13-15-17-19-21-23-35-49-37-33-45-43-27-25-40-39(41(43)29-31-47(45)49)26-28-44-42(40)30-32-48-46(44)34-38-50(48)36-24-22-20-18-16-14-12-10-8-6-4-2/h25-34,37-38H,3-24,35-36H2,1-2H3. The lowest BCUT2D eigenvalue weighted by atomic mass is 9.94. The van der Waals surface area contributed by atoms with Gasteiger partial charge in [-0.15, -0.1) is 0 Å². The van der Waals surface area contributed by atoms with Crippen LogP contribution in [0.5, 0.6) is 0 Å². The van der Waals surface area contributed by atoms with Crippen molar-refractivity contribution in [2.45, 2.75) is 168 Å². The Morgan fingerprint density at radius 3 is 0.860 bits per heavy atom. The number of rotatable bonds is 24. The number of unbranched alkanes of at least 4 members (excludes halogenated alkanes) is 20. The summed E-state index contributed by atoms with van der Waals surface area (Å²) < 4.78 is 4.98. The fraction of sp³-hybridized carbons (Fsp3) is 0.542. The Labute approximate surface area is 303 Å². The molecule has 0 atom stereocenters. The molecule has 0 bridgehead atoms. The van der Waals surface area contributed by atoms with Crippen molar-refractivity contribution in [3.63, 3.8) is 0 Å². The van der Waals surface area contributed by atoms with Crippen LogP contribution in [0, 0.1) is 0 Å². The van der Waals surface area contributed by atoms with Crippen LogP contribution in [0.1, 0.15) is 155 Å². The van der Waals surface area contributed by atoms with Crippen molar-refractivity contribution < 1.29 is 0 Å². The van der Waals surface area contributed by atoms with E-state index in [4.69, 9.17) is 0 Å². The molecule has 2 heterocycles. The molecule has 0 spiro atoms. The topological polar surface area (TPSA) is 9.86 Å². The van der Waals surface area contributed by atoms with Crippen molar-refractivity contribution >= 4 is 54.1 Å². The zero-order valence-electron chi connectivity index (χ0n) is 31.8. The first-order valence-corrected chi connectivity index (χ1v) is 21.1. The highest BCUT2D eigenvalue weighted by Crippen LogP contribution is 2.37. The molecule has 0 unspecified atom stereocenters. The van der Waals surface area contributed by atoms with Gasteiger partial charge in [-0.1, -0.05) is 179 Å². The van der Waals surface area contributed by atoms with Crippen LogP contribution in [-0.2, 0) is 13.1 Å². The van der Waals surface area contributed by atoms with Gasteiger partial charge in [0.15, 0.2) is 0 Å². The largest absolute Gasteiger partial charge is 0.347 e. The Morgan fingerprint density at radius 2 is 0.540 bits per heavy atom. The maximum atomic E-state index is 2.49. The van der Waals surface area contributed by atoms with Gasteiger partial charge in [0.1, 0.15) is 0 Å². The second-order valence-corrected chi connectivity index (χ2v) is 15.5. The summed E-state index contributed by atoms with van der Waals surface area (Å²) in [7, 11) is 0. The van der Waals surface area contributed by atoms with Gasteiger partial charge in [-0.05, 0) is 69.4 Å². The van der Waals surface area contributed by atoms with Gasteiger partial charge in [0.05, 0.1) is 0 Å². The average Bonchev–Trinajstić information content (AvgIpc) is 3.76. The summed E-state index contributed by atoms with van der Waals surface area (Å²) in [5.41, 5.74) is 2.76. The van der Waals surface area contributed by atoms with E-state index in [2.05, 4.69) is 96.0 Å². The second kappa shape index (κ2) is 19.4. The fourth-order valence-electron chi connectivity index (χ4n) is 8.68. The Hall–Kier alpha value is -3.26. The lowest BCUT2D eigenvalue weighted by Crippen LogP contribution is -1.96. The SMILES string of the molecule is CCCCCCCCCCCCCn1ccc2c3ccc4c(ccc5c4ccc4c5ccn4CCCCCCCCCCCCC)c3ccc21. The van der Waals surface area contributed by atoms with E-state index in [1.54, 1.807) is 0 Å². The van der Waals surface area contributed by atoms with Crippen molar-refractivity contribution in [3.8, 4) is 0 Å². The second-order valence-electron chi connectivity index (χ2n) is 15.5. The van der Waals surface area contributed by atoms with Crippen LogP contribution < -0.4 is 0 Å². The molecule has 2 heteroatoms. The fourth-order valence-corrected chi connectivity index (χ4v) is 8.68. The lowest BCUT2D eigenvalue weighted by Gasteiger charge is -2.11. The van der Waals surface area contributed by atoms with Gasteiger partial charge in [0.2, 0.25) is 0 Å². The molecule has 0 aliphatic rings. The maximum Gasteiger partial charge on any atom is 0.0486 e. The van der Waals surface area contributed by atoms with E-state index in [9.17, 15) is 0 Å². The van der Waals surface area contributed by atoms with Gasteiger partial charge in [0, 0.05) is 47.3 Å². The molecule has 0 radical (unpaired) electrons. The molecular formula is C48H66N2. The van der Waals surface area contributed by atoms with Crippen LogP contribution in [0.25, 0.3) is 54.1 Å². The van der Waals surface area contributed by atoms with Crippen LogP contribution in [-0.4, -0.2) is 9.13 Å². The van der Waals surface area contributed by atoms with Gasteiger partial charge < -0.3 is 9.13 Å². The van der Waals surface area contributed by atoms with Crippen LogP contribution >= 0.6 is 0 Å². The minimum Gasteiger partial charge on any atom is -0.347 e. The first kappa shape index (κ1) is 36.5. The summed E-state index contributed by atoms with van der Waals surface area (Å²) in [4.78, 5) is 0. The molecule has 0 saturated carbocycles. The van der Waals surface area contributed by atoms with E-state index in [1.807, 2.05) is 0 Å². The quantitative estimate of drug-likeness (QED) is 0.0448. The zero-order chi connectivity index (χ0) is 34.4. The number of benzene rings is 4. The molecular weight excluding hydrogens is 605 g/mol. The average molecular weight is 671 g/mol. The molecule has 50 heavy (non-hydrogen) atoms. The third-order valence-electron chi connectivity index (χ3n) is 11.7. The molecule has 4 aromatic carbocycles. The van der Waals surface area contributed by atoms with Crippen molar-refractivity contribution in [3.05, 3.63) is 73.1 Å². The van der Waals surface area contributed by atoms with Gasteiger partial charge in [-0.2, -0.15) is 0 Å². The number of hydrogen-bond acceptors (Lipinski definition) is 0. The summed E-state index contributed by atoms with van der Waals surface area (Å²) in [6, 6.07) is 23.7. The normalized spacial score (nSPS) is 12.1. The van der Waals surface area contributed by atoms with E-state index < -0.39 is 0 Å². The van der Waals surface area contributed by atoms with Crippen molar-refractivity contribution in [1.82, 2.24) is 9.13 Å². The van der Waals surface area contributed by atoms with Gasteiger partial charge in [0.25, 0.3) is 0 Å². The van der Waals surface area contributed by atoms with Gasteiger partial charge in [-0.3, -0.25) is 0 Å². The van der Waals surface area contributed by atoms with Gasteiger partial charge in [-0.25, -0.2) is 0 Å². The Kier molecular flexibility index (Phi) is 14.2. The minimum absolute atomic E-state index is 1.12. The molecule has 0 aliphatic heterocycles. The Morgan fingerprint density at radius 1 is 0.280 bits per heavy atom. The summed E-state index contributed by atoms with van der Waals surface area (Å²) in [6.45, 7) is 6.85. The lowest BCUT2D eigenvalue weighted by molar-refractivity contribution is 0.535. The molecule has 2 nitrogen and oxygen atoms in total. The monoisotopic (exact) mass is 671 g/mol. The summed E-state index contributed by atoms with van der Waals surface area (Å²) in [5, 5.41) is 11.0. The van der Waals surface area contributed by atoms with Crippen molar-refractivity contribution in [2.24, 2.45) is 0 Å². The predicted molar refractivity (Wildman–Crippen MR) is 223 cm³/mol. The van der Waals surface area contributed by atoms with E-state index in [0.29, 0.717) is 0 Å². The number of nitrogens with zero attached hydrogens (tertiary/aromatic N) is 2. The first-order valence-electron chi connectivity index (χ1n) is 21.1. The number of hydrogen-bond donors (Lipinski definition) is 0. The Bertz CT molecular complexity index is 1760. The third-order valence-corrected chi connectivity index (χ3v) is 11.7. The molecule has 6 aromatic rings. The minimum atomic E-state index is 1.12. The smallest absolute Gasteiger partial charge is 0.0486 e. The molecule has 0 saturated heterocycles. The number of fused-ring (bicyclic) bond motifs is 9. The Balaban J connectivity index is 1.04. The van der Waals surface area contributed by atoms with Crippen LogP contribution in [0.3, 0.4) is 0 Å². The molecule has 268 valence electrons. The zero-order valence-corrected chi connectivity index (χ0v) is 31.8. The molecule has 6 rings (SSSR count). The third kappa shape index (κ3) is 9.15. The number of aromatic nitrogens is 2. The van der Waals surface area contributed by atoms with Crippen molar-refractivity contribution in [1.29, 1.82) is 0 Å². The molecule has 0 fully saturated rings. The summed E-state index contributed by atoms with van der Waals surface area (Å²) >= 11 is 0. The number of aryl methyl sites for hydroxylation is 2. The van der Waals surface area contributed by atoms with Crippen LogP contribution in [0.4, 0.5) is 0 Å². The summed E-state index contributed by atoms with van der Waals surface area (Å²) in [6.07, 6.45) is 35.3. The first-order chi connectivity index (χ1) is 24.8. The highest BCUT2D eigenvalue weighted by atomic mass is 15.0. The highest BCUT2D eigenvalue weighted by molar-refractivity contribution is 6.24. The van der Waals surface area contributed by atoms with E-state index in [-0.39, 0.29) is 0 Å². The molecule has 0 amide bonds. The molecule has 2 aromatic heterocycles. The van der Waals surface area contributed by atoms with Gasteiger partial charge >= 0.3 is 0 Å². The highest BCUT2D eigenvalue weighted by Gasteiger charge is 2.12.